The van der Waals surface area contributed by atoms with Gasteiger partial charge in [-0.15, -0.1) is 0 Å². The first-order valence-electron chi connectivity index (χ1n) is 5.70. The Morgan fingerprint density at radius 1 is 1.43 bits per heavy atom. The summed E-state index contributed by atoms with van der Waals surface area (Å²) in [6, 6.07) is 0. The molecule has 1 aliphatic carbocycles. The summed E-state index contributed by atoms with van der Waals surface area (Å²) in [5, 5.41) is 0. The first-order valence-corrected chi connectivity index (χ1v) is 5.70. The molecule has 1 nitrogen and oxygen atoms in total. The van der Waals surface area contributed by atoms with E-state index in [4.69, 9.17) is 0 Å². The van der Waals surface area contributed by atoms with E-state index in [9.17, 15) is 4.79 Å². The molecule has 0 aromatic carbocycles. The van der Waals surface area contributed by atoms with Crippen LogP contribution in [0.4, 0.5) is 0 Å². The Labute approximate surface area is 87.6 Å². The molecule has 0 aromatic heterocycles. The van der Waals surface area contributed by atoms with Crippen LogP contribution in [-0.4, -0.2) is 5.78 Å². The lowest BCUT2D eigenvalue weighted by Crippen LogP contribution is -2.38. The molecule has 1 heteroatoms. The summed E-state index contributed by atoms with van der Waals surface area (Å²) < 4.78 is 0. The van der Waals surface area contributed by atoms with E-state index in [-0.39, 0.29) is 11.3 Å². The van der Waals surface area contributed by atoms with Gasteiger partial charge < -0.3 is 0 Å². The minimum atomic E-state index is -0.199. The molecule has 0 amide bonds. The van der Waals surface area contributed by atoms with Crippen molar-refractivity contribution in [2.24, 2.45) is 17.3 Å². The lowest BCUT2D eigenvalue weighted by Gasteiger charge is -2.37. The third-order valence-electron chi connectivity index (χ3n) is 3.89. The third-order valence-corrected chi connectivity index (χ3v) is 3.89. The average Bonchev–Trinajstić information content (AvgIpc) is 2.15. The topological polar surface area (TPSA) is 17.1 Å². The molecule has 0 N–H and O–H groups in total. The highest BCUT2D eigenvalue weighted by atomic mass is 16.1. The van der Waals surface area contributed by atoms with Gasteiger partial charge in [-0.1, -0.05) is 32.4 Å². The number of rotatable bonds is 2. The number of ketones is 1. The number of allylic oxidation sites excluding steroid dienone is 2. The minimum Gasteiger partial charge on any atom is -0.298 e. The SMILES string of the molecule is CCC1C(C)=CC(C)(CC)C(=O)C1C. The average molecular weight is 194 g/mol. The van der Waals surface area contributed by atoms with E-state index in [1.54, 1.807) is 0 Å². The van der Waals surface area contributed by atoms with Crippen molar-refractivity contribution < 1.29 is 4.79 Å². The minimum absolute atomic E-state index is 0.199. The Morgan fingerprint density at radius 3 is 2.43 bits per heavy atom. The Hall–Kier alpha value is -0.590. The zero-order valence-electron chi connectivity index (χ0n) is 10.1. The molecular weight excluding hydrogens is 172 g/mol. The first kappa shape index (κ1) is 11.5. The highest BCUT2D eigenvalue weighted by Gasteiger charge is 2.40. The molecular formula is C13H22O. The smallest absolute Gasteiger partial charge is 0.145 e. The van der Waals surface area contributed by atoms with Crippen LogP contribution in [0.1, 0.15) is 47.5 Å². The highest BCUT2D eigenvalue weighted by molar-refractivity contribution is 5.90. The first-order chi connectivity index (χ1) is 6.46. The number of hydrogen-bond donors (Lipinski definition) is 0. The monoisotopic (exact) mass is 194 g/mol. The van der Waals surface area contributed by atoms with Crippen molar-refractivity contribution in [1.29, 1.82) is 0 Å². The normalized spacial score (nSPS) is 38.4. The zero-order chi connectivity index (χ0) is 10.9. The molecule has 1 rings (SSSR count). The highest BCUT2D eigenvalue weighted by Crippen LogP contribution is 2.40. The molecule has 0 heterocycles. The predicted molar refractivity (Wildman–Crippen MR) is 60.1 cm³/mol. The summed E-state index contributed by atoms with van der Waals surface area (Å²) in [4.78, 5) is 12.1. The molecule has 0 bridgehead atoms. The van der Waals surface area contributed by atoms with Crippen LogP contribution < -0.4 is 0 Å². The molecule has 0 aliphatic heterocycles. The summed E-state index contributed by atoms with van der Waals surface area (Å²) in [6.07, 6.45) is 4.20. The Kier molecular flexibility index (Phi) is 3.18. The molecule has 0 saturated heterocycles. The Bertz CT molecular complexity index is 264. The van der Waals surface area contributed by atoms with E-state index >= 15 is 0 Å². The van der Waals surface area contributed by atoms with Gasteiger partial charge in [0.15, 0.2) is 0 Å². The van der Waals surface area contributed by atoms with Crippen molar-refractivity contribution >= 4 is 5.78 Å². The van der Waals surface area contributed by atoms with Gasteiger partial charge in [0.2, 0.25) is 0 Å². The van der Waals surface area contributed by atoms with Crippen molar-refractivity contribution in [3.05, 3.63) is 11.6 Å². The molecule has 0 saturated carbocycles. The second-order valence-electron chi connectivity index (χ2n) is 4.83. The fourth-order valence-electron chi connectivity index (χ4n) is 2.73. The van der Waals surface area contributed by atoms with Crippen LogP contribution in [0.3, 0.4) is 0 Å². The lowest BCUT2D eigenvalue weighted by atomic mass is 9.66. The maximum Gasteiger partial charge on any atom is 0.145 e. The summed E-state index contributed by atoms with van der Waals surface area (Å²) in [7, 11) is 0. The van der Waals surface area contributed by atoms with Crippen LogP contribution in [0.15, 0.2) is 11.6 Å². The second kappa shape index (κ2) is 3.88. The summed E-state index contributed by atoms with van der Waals surface area (Å²) in [5.74, 6) is 1.11. The van der Waals surface area contributed by atoms with Gasteiger partial charge in [0.05, 0.1) is 0 Å². The third kappa shape index (κ3) is 1.65. The quantitative estimate of drug-likeness (QED) is 0.614. The number of carbonyl (C=O) groups excluding carboxylic acids is 1. The molecule has 3 unspecified atom stereocenters. The second-order valence-corrected chi connectivity index (χ2v) is 4.83. The largest absolute Gasteiger partial charge is 0.298 e. The van der Waals surface area contributed by atoms with E-state index in [1.807, 2.05) is 0 Å². The van der Waals surface area contributed by atoms with Crippen LogP contribution in [0.25, 0.3) is 0 Å². The van der Waals surface area contributed by atoms with Gasteiger partial charge in [-0.3, -0.25) is 4.79 Å². The fourth-order valence-corrected chi connectivity index (χ4v) is 2.73. The van der Waals surface area contributed by atoms with E-state index in [2.05, 4.69) is 40.7 Å². The van der Waals surface area contributed by atoms with Crippen molar-refractivity contribution in [3.63, 3.8) is 0 Å². The van der Waals surface area contributed by atoms with E-state index in [0.29, 0.717) is 11.7 Å². The van der Waals surface area contributed by atoms with Crippen molar-refractivity contribution in [3.8, 4) is 0 Å². The summed E-state index contributed by atoms with van der Waals surface area (Å²) in [6.45, 7) is 10.6. The van der Waals surface area contributed by atoms with Crippen molar-refractivity contribution in [1.82, 2.24) is 0 Å². The molecule has 14 heavy (non-hydrogen) atoms. The molecule has 0 aromatic rings. The standard InChI is InChI=1S/C13H22O/c1-6-11-9(3)8-13(5,7-2)12(14)10(11)4/h8,10-11H,6-7H2,1-5H3. The van der Waals surface area contributed by atoms with Gasteiger partial charge in [-0.25, -0.2) is 0 Å². The molecule has 1 aliphatic rings. The van der Waals surface area contributed by atoms with E-state index in [0.717, 1.165) is 12.8 Å². The van der Waals surface area contributed by atoms with Crippen LogP contribution in [-0.2, 0) is 4.79 Å². The van der Waals surface area contributed by atoms with Gasteiger partial charge in [0.25, 0.3) is 0 Å². The number of carbonyl (C=O) groups is 1. The number of hydrogen-bond acceptors (Lipinski definition) is 1. The van der Waals surface area contributed by atoms with Gasteiger partial charge in [-0.2, -0.15) is 0 Å². The van der Waals surface area contributed by atoms with Crippen molar-refractivity contribution in [2.45, 2.75) is 47.5 Å². The van der Waals surface area contributed by atoms with Gasteiger partial charge in [0.1, 0.15) is 5.78 Å². The van der Waals surface area contributed by atoms with E-state index < -0.39 is 0 Å². The van der Waals surface area contributed by atoms with Crippen molar-refractivity contribution in [2.75, 3.05) is 0 Å². The molecule has 0 spiro atoms. The molecule has 3 atom stereocenters. The van der Waals surface area contributed by atoms with E-state index in [1.165, 1.54) is 5.57 Å². The number of Topliss-reactive ketones (excluding diaryl/α,β-unsaturated/α-hetero) is 1. The van der Waals surface area contributed by atoms with Gasteiger partial charge >= 0.3 is 0 Å². The van der Waals surface area contributed by atoms with Crippen LogP contribution in [0, 0.1) is 17.3 Å². The molecule has 80 valence electrons. The lowest BCUT2D eigenvalue weighted by molar-refractivity contribution is -0.131. The molecule has 0 fully saturated rings. The van der Waals surface area contributed by atoms with Crippen LogP contribution in [0.2, 0.25) is 0 Å². The van der Waals surface area contributed by atoms with Gasteiger partial charge in [-0.05, 0) is 32.6 Å². The molecule has 0 radical (unpaired) electrons. The van der Waals surface area contributed by atoms with Crippen LogP contribution in [0.5, 0.6) is 0 Å². The van der Waals surface area contributed by atoms with Gasteiger partial charge in [0, 0.05) is 11.3 Å². The summed E-state index contributed by atoms with van der Waals surface area (Å²) in [5.41, 5.74) is 1.21. The van der Waals surface area contributed by atoms with Crippen LogP contribution >= 0.6 is 0 Å². The maximum absolute atomic E-state index is 12.1. The maximum atomic E-state index is 12.1. The summed E-state index contributed by atoms with van der Waals surface area (Å²) >= 11 is 0. The zero-order valence-corrected chi connectivity index (χ0v) is 10.1. The fraction of sp³-hybridized carbons (Fsp3) is 0.769. The Morgan fingerprint density at radius 2 is 2.00 bits per heavy atom. The Balaban J connectivity index is 3.09. The predicted octanol–water partition coefficient (Wildman–Crippen LogP) is 3.59.